The van der Waals surface area contributed by atoms with Crippen LogP contribution in [0.5, 0.6) is 0 Å². The predicted octanol–water partition coefficient (Wildman–Crippen LogP) is 3.90. The lowest BCUT2D eigenvalue weighted by molar-refractivity contribution is -0.137. The molecule has 0 saturated heterocycles. The Kier molecular flexibility index (Phi) is 5.86. The summed E-state index contributed by atoms with van der Waals surface area (Å²) in [5, 5.41) is 2.63. The Hall–Kier alpha value is -1.52. The van der Waals surface area contributed by atoms with E-state index in [1.54, 1.807) is 6.07 Å². The quantitative estimate of drug-likeness (QED) is 0.782. The molecular formula is C14H18F3NO. The van der Waals surface area contributed by atoms with Crippen molar-refractivity contribution in [1.82, 2.24) is 5.32 Å². The number of rotatable bonds is 6. The molecule has 2 nitrogen and oxygen atoms in total. The Morgan fingerprint density at radius 2 is 2.00 bits per heavy atom. The molecular weight excluding hydrogens is 255 g/mol. The van der Waals surface area contributed by atoms with Crippen molar-refractivity contribution in [2.24, 2.45) is 0 Å². The molecule has 0 atom stereocenters. The standard InChI is InChI=1S/C14H18F3NO/c1-2-3-4-8-13(19)18-10-11-6-5-7-12(9-11)14(15,16)17/h5-7,9H,2-4,8,10H2,1H3,(H,18,19). The van der Waals surface area contributed by atoms with E-state index in [1.165, 1.54) is 6.07 Å². The molecule has 1 aromatic carbocycles. The van der Waals surface area contributed by atoms with Crippen LogP contribution in [0.1, 0.15) is 43.7 Å². The van der Waals surface area contributed by atoms with Gasteiger partial charge in [0.2, 0.25) is 5.91 Å². The molecule has 0 unspecified atom stereocenters. The minimum atomic E-state index is -4.35. The summed E-state index contributed by atoms with van der Waals surface area (Å²) in [6.45, 7) is 2.18. The average molecular weight is 273 g/mol. The Morgan fingerprint density at radius 1 is 1.26 bits per heavy atom. The van der Waals surface area contributed by atoms with Crippen LogP contribution in [-0.4, -0.2) is 5.91 Å². The van der Waals surface area contributed by atoms with Crippen LogP contribution in [0, 0.1) is 0 Å². The highest BCUT2D eigenvalue weighted by Crippen LogP contribution is 2.29. The van der Waals surface area contributed by atoms with Gasteiger partial charge in [-0.25, -0.2) is 0 Å². The van der Waals surface area contributed by atoms with Crippen LogP contribution >= 0.6 is 0 Å². The summed E-state index contributed by atoms with van der Waals surface area (Å²) in [5.41, 5.74) is -0.233. The van der Waals surface area contributed by atoms with Gasteiger partial charge in [-0.15, -0.1) is 0 Å². The van der Waals surface area contributed by atoms with Crippen LogP contribution in [0.3, 0.4) is 0 Å². The molecule has 19 heavy (non-hydrogen) atoms. The van der Waals surface area contributed by atoms with Gasteiger partial charge in [-0.05, 0) is 24.1 Å². The van der Waals surface area contributed by atoms with Crippen LogP contribution in [-0.2, 0) is 17.5 Å². The van der Waals surface area contributed by atoms with E-state index in [9.17, 15) is 18.0 Å². The first-order valence-corrected chi connectivity index (χ1v) is 6.36. The minimum absolute atomic E-state index is 0.120. The van der Waals surface area contributed by atoms with E-state index in [-0.39, 0.29) is 12.5 Å². The third-order valence-electron chi connectivity index (χ3n) is 2.75. The van der Waals surface area contributed by atoms with Gasteiger partial charge in [0.15, 0.2) is 0 Å². The number of hydrogen-bond donors (Lipinski definition) is 1. The zero-order chi connectivity index (χ0) is 14.3. The van der Waals surface area contributed by atoms with Gasteiger partial charge in [0, 0.05) is 13.0 Å². The summed E-state index contributed by atoms with van der Waals surface area (Å²) in [7, 11) is 0. The van der Waals surface area contributed by atoms with Crippen molar-refractivity contribution >= 4 is 5.91 Å². The van der Waals surface area contributed by atoms with Gasteiger partial charge in [0.25, 0.3) is 0 Å². The molecule has 0 aliphatic rings. The third-order valence-corrected chi connectivity index (χ3v) is 2.75. The van der Waals surface area contributed by atoms with E-state index < -0.39 is 11.7 Å². The maximum absolute atomic E-state index is 12.5. The fraction of sp³-hybridized carbons (Fsp3) is 0.500. The fourth-order valence-electron chi connectivity index (χ4n) is 1.68. The summed E-state index contributed by atoms with van der Waals surface area (Å²) in [6.07, 6.45) is -1.10. The highest BCUT2D eigenvalue weighted by atomic mass is 19.4. The Bertz CT molecular complexity index is 415. The highest BCUT2D eigenvalue weighted by molar-refractivity contribution is 5.75. The lowest BCUT2D eigenvalue weighted by Gasteiger charge is -2.09. The number of unbranched alkanes of at least 4 members (excludes halogenated alkanes) is 2. The molecule has 0 aliphatic heterocycles. The van der Waals surface area contributed by atoms with E-state index in [0.717, 1.165) is 31.4 Å². The summed E-state index contributed by atoms with van der Waals surface area (Å²) in [4.78, 5) is 11.4. The maximum atomic E-state index is 12.5. The maximum Gasteiger partial charge on any atom is 0.416 e. The van der Waals surface area contributed by atoms with Crippen molar-refractivity contribution in [3.63, 3.8) is 0 Å². The number of halogens is 3. The number of carbonyl (C=O) groups excluding carboxylic acids is 1. The van der Waals surface area contributed by atoms with Crippen LogP contribution in [0.15, 0.2) is 24.3 Å². The van der Waals surface area contributed by atoms with Gasteiger partial charge in [0.05, 0.1) is 5.56 Å². The van der Waals surface area contributed by atoms with Crippen molar-refractivity contribution in [1.29, 1.82) is 0 Å². The number of benzene rings is 1. The number of carbonyl (C=O) groups is 1. The van der Waals surface area contributed by atoms with Crippen LogP contribution in [0.25, 0.3) is 0 Å². The van der Waals surface area contributed by atoms with Crippen molar-refractivity contribution in [2.75, 3.05) is 0 Å². The number of nitrogens with one attached hydrogen (secondary N) is 1. The fourth-order valence-corrected chi connectivity index (χ4v) is 1.68. The third kappa shape index (κ3) is 5.77. The van der Waals surface area contributed by atoms with Crippen molar-refractivity contribution in [3.05, 3.63) is 35.4 Å². The molecule has 1 aromatic rings. The molecule has 0 aliphatic carbocycles. The molecule has 5 heteroatoms. The van der Waals surface area contributed by atoms with Gasteiger partial charge < -0.3 is 5.32 Å². The molecule has 106 valence electrons. The zero-order valence-corrected chi connectivity index (χ0v) is 10.9. The van der Waals surface area contributed by atoms with E-state index >= 15 is 0 Å². The Labute approximate surface area is 111 Å². The molecule has 0 aromatic heterocycles. The summed E-state index contributed by atoms with van der Waals surface area (Å²) >= 11 is 0. The SMILES string of the molecule is CCCCCC(=O)NCc1cccc(C(F)(F)F)c1. The number of alkyl halides is 3. The summed E-state index contributed by atoms with van der Waals surface area (Å²) in [5.74, 6) is -0.120. The Balaban J connectivity index is 2.47. The second-order valence-electron chi connectivity index (χ2n) is 4.43. The largest absolute Gasteiger partial charge is 0.416 e. The molecule has 0 radical (unpaired) electrons. The monoisotopic (exact) mass is 273 g/mol. The van der Waals surface area contributed by atoms with Crippen molar-refractivity contribution in [3.8, 4) is 0 Å². The van der Waals surface area contributed by atoms with E-state index in [2.05, 4.69) is 5.32 Å². The van der Waals surface area contributed by atoms with E-state index in [1.807, 2.05) is 6.92 Å². The van der Waals surface area contributed by atoms with Gasteiger partial charge in [-0.3, -0.25) is 4.79 Å². The second-order valence-corrected chi connectivity index (χ2v) is 4.43. The van der Waals surface area contributed by atoms with E-state index in [4.69, 9.17) is 0 Å². The molecule has 0 heterocycles. The molecule has 0 bridgehead atoms. The second kappa shape index (κ2) is 7.16. The van der Waals surface area contributed by atoms with Crippen LogP contribution in [0.4, 0.5) is 13.2 Å². The topological polar surface area (TPSA) is 29.1 Å². The average Bonchev–Trinajstić information content (AvgIpc) is 2.36. The number of hydrogen-bond acceptors (Lipinski definition) is 1. The van der Waals surface area contributed by atoms with Crippen LogP contribution < -0.4 is 5.32 Å². The normalized spacial score (nSPS) is 11.4. The summed E-state index contributed by atoms with van der Waals surface area (Å²) in [6, 6.07) is 5.00. The molecule has 0 fully saturated rings. The highest BCUT2D eigenvalue weighted by Gasteiger charge is 2.30. The zero-order valence-electron chi connectivity index (χ0n) is 10.9. The lowest BCUT2D eigenvalue weighted by Crippen LogP contribution is -2.22. The van der Waals surface area contributed by atoms with Crippen LogP contribution in [0.2, 0.25) is 0 Å². The predicted molar refractivity (Wildman–Crippen MR) is 67.4 cm³/mol. The molecule has 1 amide bonds. The van der Waals surface area contributed by atoms with E-state index in [0.29, 0.717) is 12.0 Å². The minimum Gasteiger partial charge on any atom is -0.352 e. The molecule has 0 saturated carbocycles. The first kappa shape index (κ1) is 15.5. The number of amides is 1. The lowest BCUT2D eigenvalue weighted by atomic mass is 10.1. The summed E-state index contributed by atoms with van der Waals surface area (Å²) < 4.78 is 37.5. The van der Waals surface area contributed by atoms with Crippen molar-refractivity contribution < 1.29 is 18.0 Å². The molecule has 1 N–H and O–H groups in total. The Morgan fingerprint density at radius 3 is 2.63 bits per heavy atom. The van der Waals surface area contributed by atoms with Gasteiger partial charge in [-0.1, -0.05) is 31.9 Å². The van der Waals surface area contributed by atoms with Gasteiger partial charge in [0.1, 0.15) is 0 Å². The first-order chi connectivity index (χ1) is 8.93. The molecule has 0 spiro atoms. The first-order valence-electron chi connectivity index (χ1n) is 6.36. The molecule has 1 rings (SSSR count). The van der Waals surface area contributed by atoms with Crippen molar-refractivity contribution in [2.45, 2.75) is 45.3 Å². The van der Waals surface area contributed by atoms with Gasteiger partial charge >= 0.3 is 6.18 Å². The smallest absolute Gasteiger partial charge is 0.352 e. The van der Waals surface area contributed by atoms with Gasteiger partial charge in [-0.2, -0.15) is 13.2 Å².